The van der Waals surface area contributed by atoms with E-state index in [-0.39, 0.29) is 5.91 Å². The summed E-state index contributed by atoms with van der Waals surface area (Å²) in [5, 5.41) is 5.73. The Morgan fingerprint density at radius 2 is 2.29 bits per heavy atom. The number of likely N-dealkylation sites (N-methyl/N-ethyl adjacent to an activating group) is 1. The van der Waals surface area contributed by atoms with E-state index in [0.717, 1.165) is 12.1 Å². The molecular weight excluding hydrogens is 178 g/mol. The molecule has 0 bridgehead atoms. The first-order chi connectivity index (χ1) is 6.75. The summed E-state index contributed by atoms with van der Waals surface area (Å²) in [6.07, 6.45) is 1.62. The van der Waals surface area contributed by atoms with Crippen LogP contribution < -0.4 is 10.6 Å². The minimum absolute atomic E-state index is 0.113. The van der Waals surface area contributed by atoms with Gasteiger partial charge < -0.3 is 10.6 Å². The predicted octanol–water partition coefficient (Wildman–Crippen LogP) is 0.339. The van der Waals surface area contributed by atoms with Crippen LogP contribution in [-0.2, 0) is 0 Å². The van der Waals surface area contributed by atoms with Crippen LogP contribution in [0.15, 0.2) is 18.3 Å². The zero-order chi connectivity index (χ0) is 10.4. The molecule has 0 saturated carbocycles. The molecule has 1 heterocycles. The Bertz CT molecular complexity index is 312. The van der Waals surface area contributed by atoms with E-state index >= 15 is 0 Å². The highest BCUT2D eigenvalue weighted by Crippen LogP contribution is 2.01. The van der Waals surface area contributed by atoms with E-state index in [1.54, 1.807) is 6.20 Å². The van der Waals surface area contributed by atoms with Crippen LogP contribution in [0, 0.1) is 6.92 Å². The molecule has 76 valence electrons. The lowest BCUT2D eigenvalue weighted by molar-refractivity contribution is 0.0948. The summed E-state index contributed by atoms with van der Waals surface area (Å²) >= 11 is 0. The maximum atomic E-state index is 11.5. The molecule has 0 saturated heterocycles. The normalized spacial score (nSPS) is 9.86. The molecule has 1 aromatic rings. The SMILES string of the molecule is CNCCNC(=O)c1ncccc1C. The van der Waals surface area contributed by atoms with Gasteiger partial charge >= 0.3 is 0 Å². The molecule has 2 N–H and O–H groups in total. The van der Waals surface area contributed by atoms with Gasteiger partial charge in [0.2, 0.25) is 0 Å². The van der Waals surface area contributed by atoms with E-state index < -0.39 is 0 Å². The van der Waals surface area contributed by atoms with E-state index in [2.05, 4.69) is 15.6 Å². The third kappa shape index (κ3) is 2.81. The highest BCUT2D eigenvalue weighted by Gasteiger charge is 2.07. The molecule has 0 unspecified atom stereocenters. The minimum atomic E-state index is -0.113. The quantitative estimate of drug-likeness (QED) is 0.678. The lowest BCUT2D eigenvalue weighted by atomic mass is 10.2. The van der Waals surface area contributed by atoms with Crippen LogP contribution in [-0.4, -0.2) is 31.0 Å². The first-order valence-corrected chi connectivity index (χ1v) is 4.60. The average Bonchev–Trinajstić information content (AvgIpc) is 2.18. The van der Waals surface area contributed by atoms with E-state index in [1.165, 1.54) is 0 Å². The molecule has 1 rings (SSSR count). The molecule has 0 aliphatic heterocycles. The number of pyridine rings is 1. The molecule has 0 spiro atoms. The summed E-state index contributed by atoms with van der Waals surface area (Å²) in [7, 11) is 1.85. The second-order valence-corrected chi connectivity index (χ2v) is 3.03. The van der Waals surface area contributed by atoms with Crippen molar-refractivity contribution in [1.29, 1.82) is 0 Å². The largest absolute Gasteiger partial charge is 0.349 e. The number of aromatic nitrogens is 1. The first-order valence-electron chi connectivity index (χ1n) is 4.60. The van der Waals surface area contributed by atoms with Crippen molar-refractivity contribution in [2.24, 2.45) is 0 Å². The van der Waals surface area contributed by atoms with Crippen LogP contribution >= 0.6 is 0 Å². The number of nitrogens with one attached hydrogen (secondary N) is 2. The van der Waals surface area contributed by atoms with Gasteiger partial charge in [-0.3, -0.25) is 9.78 Å². The second kappa shape index (κ2) is 5.34. The van der Waals surface area contributed by atoms with Crippen molar-refractivity contribution in [3.8, 4) is 0 Å². The van der Waals surface area contributed by atoms with E-state index in [9.17, 15) is 4.79 Å². The average molecular weight is 193 g/mol. The maximum Gasteiger partial charge on any atom is 0.270 e. The lowest BCUT2D eigenvalue weighted by Gasteiger charge is -2.05. The Kier molecular flexibility index (Phi) is 4.07. The Balaban J connectivity index is 2.56. The fourth-order valence-electron chi connectivity index (χ4n) is 1.11. The number of hydrogen-bond donors (Lipinski definition) is 2. The smallest absolute Gasteiger partial charge is 0.270 e. The lowest BCUT2D eigenvalue weighted by Crippen LogP contribution is -2.31. The van der Waals surface area contributed by atoms with Gasteiger partial charge in [-0.1, -0.05) is 6.07 Å². The van der Waals surface area contributed by atoms with Gasteiger partial charge in [0.1, 0.15) is 5.69 Å². The highest BCUT2D eigenvalue weighted by atomic mass is 16.1. The number of nitrogens with zero attached hydrogens (tertiary/aromatic N) is 1. The van der Waals surface area contributed by atoms with Crippen molar-refractivity contribution in [1.82, 2.24) is 15.6 Å². The van der Waals surface area contributed by atoms with Gasteiger partial charge in [0.15, 0.2) is 0 Å². The fourth-order valence-corrected chi connectivity index (χ4v) is 1.11. The predicted molar refractivity (Wildman–Crippen MR) is 55.2 cm³/mol. The fraction of sp³-hybridized carbons (Fsp3) is 0.400. The summed E-state index contributed by atoms with van der Waals surface area (Å²) in [5.74, 6) is -0.113. The topological polar surface area (TPSA) is 54.0 Å². The van der Waals surface area contributed by atoms with Crippen LogP contribution in [0.25, 0.3) is 0 Å². The van der Waals surface area contributed by atoms with Crippen LogP contribution in [0.5, 0.6) is 0 Å². The second-order valence-electron chi connectivity index (χ2n) is 3.03. The van der Waals surface area contributed by atoms with Crippen molar-refractivity contribution in [2.75, 3.05) is 20.1 Å². The Morgan fingerprint density at radius 3 is 2.93 bits per heavy atom. The molecule has 14 heavy (non-hydrogen) atoms. The van der Waals surface area contributed by atoms with Gasteiger partial charge in [0.05, 0.1) is 0 Å². The van der Waals surface area contributed by atoms with Gasteiger partial charge in [0, 0.05) is 19.3 Å². The zero-order valence-electron chi connectivity index (χ0n) is 8.50. The third-order valence-corrected chi connectivity index (χ3v) is 1.89. The van der Waals surface area contributed by atoms with Crippen LogP contribution in [0.4, 0.5) is 0 Å². The molecule has 0 fully saturated rings. The van der Waals surface area contributed by atoms with Crippen LogP contribution in [0.3, 0.4) is 0 Å². The number of carbonyl (C=O) groups excluding carboxylic acids is 1. The van der Waals surface area contributed by atoms with Gasteiger partial charge in [-0.05, 0) is 25.6 Å². The van der Waals surface area contributed by atoms with Gasteiger partial charge in [-0.25, -0.2) is 0 Å². The molecule has 1 aromatic heterocycles. The number of aryl methyl sites for hydroxylation is 1. The third-order valence-electron chi connectivity index (χ3n) is 1.89. The number of carbonyl (C=O) groups is 1. The molecule has 4 heteroatoms. The molecule has 4 nitrogen and oxygen atoms in total. The van der Waals surface area contributed by atoms with Crippen molar-refractivity contribution < 1.29 is 4.79 Å². The summed E-state index contributed by atoms with van der Waals surface area (Å²) in [6.45, 7) is 3.25. The van der Waals surface area contributed by atoms with Gasteiger partial charge in [0.25, 0.3) is 5.91 Å². The number of amides is 1. The highest BCUT2D eigenvalue weighted by molar-refractivity contribution is 5.93. The summed E-state index contributed by atoms with van der Waals surface area (Å²) in [4.78, 5) is 15.6. The first kappa shape index (κ1) is 10.7. The van der Waals surface area contributed by atoms with Crippen LogP contribution in [0.2, 0.25) is 0 Å². The Hall–Kier alpha value is -1.42. The number of hydrogen-bond acceptors (Lipinski definition) is 3. The summed E-state index contributed by atoms with van der Waals surface area (Å²) < 4.78 is 0. The molecule has 0 aromatic carbocycles. The van der Waals surface area contributed by atoms with E-state index in [1.807, 2.05) is 26.1 Å². The van der Waals surface area contributed by atoms with Crippen molar-refractivity contribution in [3.63, 3.8) is 0 Å². The van der Waals surface area contributed by atoms with Gasteiger partial charge in [-0.2, -0.15) is 0 Å². The van der Waals surface area contributed by atoms with Crippen molar-refractivity contribution in [2.45, 2.75) is 6.92 Å². The maximum absolute atomic E-state index is 11.5. The Labute approximate surface area is 83.7 Å². The minimum Gasteiger partial charge on any atom is -0.349 e. The Morgan fingerprint density at radius 1 is 1.50 bits per heavy atom. The molecule has 0 radical (unpaired) electrons. The van der Waals surface area contributed by atoms with E-state index in [4.69, 9.17) is 0 Å². The van der Waals surface area contributed by atoms with E-state index in [0.29, 0.717) is 12.2 Å². The monoisotopic (exact) mass is 193 g/mol. The standard InChI is InChI=1S/C10H15N3O/c1-8-4-3-5-12-9(8)10(14)13-7-6-11-2/h3-5,11H,6-7H2,1-2H3,(H,13,14). The van der Waals surface area contributed by atoms with Crippen LogP contribution in [0.1, 0.15) is 16.1 Å². The van der Waals surface area contributed by atoms with Gasteiger partial charge in [-0.15, -0.1) is 0 Å². The summed E-state index contributed by atoms with van der Waals surface area (Å²) in [6, 6.07) is 3.69. The molecule has 0 aliphatic rings. The summed E-state index contributed by atoms with van der Waals surface area (Å²) in [5.41, 5.74) is 1.40. The molecule has 0 atom stereocenters. The van der Waals surface area contributed by atoms with Crippen molar-refractivity contribution in [3.05, 3.63) is 29.6 Å². The number of rotatable bonds is 4. The zero-order valence-corrected chi connectivity index (χ0v) is 8.50. The molecule has 1 amide bonds. The molecular formula is C10H15N3O. The molecule has 0 aliphatic carbocycles. The van der Waals surface area contributed by atoms with Crippen molar-refractivity contribution >= 4 is 5.91 Å².